The minimum absolute atomic E-state index is 0.0563. The third-order valence-electron chi connectivity index (χ3n) is 5.14. The molecule has 0 aliphatic carbocycles. The van der Waals surface area contributed by atoms with Crippen LogP contribution in [0.1, 0.15) is 34.2 Å². The Balaban J connectivity index is 1.53. The van der Waals surface area contributed by atoms with Gasteiger partial charge in [-0.05, 0) is 36.8 Å². The van der Waals surface area contributed by atoms with Crippen LogP contribution in [0.15, 0.2) is 54.9 Å². The van der Waals surface area contributed by atoms with E-state index >= 15 is 0 Å². The molecule has 1 aliphatic rings. The van der Waals surface area contributed by atoms with Crippen LogP contribution >= 0.6 is 0 Å². The topological polar surface area (TPSA) is 86.5 Å². The number of nitrogens with zero attached hydrogens (tertiary/aromatic N) is 4. The van der Waals surface area contributed by atoms with E-state index in [0.717, 1.165) is 16.8 Å². The summed E-state index contributed by atoms with van der Waals surface area (Å²) in [6.07, 6.45) is 4.05. The lowest BCUT2D eigenvalue weighted by molar-refractivity contribution is -0.134. The number of carbonyl (C=O) groups excluding carboxylic acids is 2. The summed E-state index contributed by atoms with van der Waals surface area (Å²) in [5.41, 5.74) is 3.00. The van der Waals surface area contributed by atoms with Gasteiger partial charge in [0.25, 0.3) is 5.91 Å². The van der Waals surface area contributed by atoms with Gasteiger partial charge < -0.3 is 14.4 Å². The van der Waals surface area contributed by atoms with Crippen LogP contribution in [0.3, 0.4) is 0 Å². The Morgan fingerprint density at radius 1 is 1.10 bits per heavy atom. The molecule has 1 amide bonds. The number of hydrogen-bond acceptors (Lipinski definition) is 6. The maximum Gasteiger partial charge on any atom is 0.359 e. The maximum atomic E-state index is 12.7. The minimum Gasteiger partial charge on any atom is -0.484 e. The number of benzene rings is 1. The Morgan fingerprint density at radius 3 is 2.61 bits per heavy atom. The van der Waals surface area contributed by atoms with E-state index in [4.69, 9.17) is 9.47 Å². The SMILES string of the molecule is CCOC(=O)c1nn(Cc2ccncc2)c2c1CN(C(=O)COc1ccccc1)CC2. The first kappa shape index (κ1) is 20.6. The zero-order valence-corrected chi connectivity index (χ0v) is 17.4. The van der Waals surface area contributed by atoms with Crippen LogP contribution in [-0.2, 0) is 29.0 Å². The molecule has 1 aromatic carbocycles. The highest BCUT2D eigenvalue weighted by atomic mass is 16.5. The predicted molar refractivity (Wildman–Crippen MR) is 113 cm³/mol. The number of ether oxygens (including phenoxy) is 2. The van der Waals surface area contributed by atoms with Crippen LogP contribution in [0.4, 0.5) is 0 Å². The summed E-state index contributed by atoms with van der Waals surface area (Å²) in [7, 11) is 0. The molecule has 2 aromatic heterocycles. The molecule has 0 unspecified atom stereocenters. The maximum absolute atomic E-state index is 12.7. The van der Waals surface area contributed by atoms with Crippen molar-refractivity contribution < 1.29 is 19.1 Å². The van der Waals surface area contributed by atoms with Gasteiger partial charge in [0.05, 0.1) is 19.7 Å². The van der Waals surface area contributed by atoms with Gasteiger partial charge in [-0.15, -0.1) is 0 Å². The molecule has 8 heteroatoms. The fourth-order valence-corrected chi connectivity index (χ4v) is 3.61. The van der Waals surface area contributed by atoms with Crippen molar-refractivity contribution in [1.29, 1.82) is 0 Å². The molecule has 160 valence electrons. The van der Waals surface area contributed by atoms with Crippen molar-refractivity contribution in [3.63, 3.8) is 0 Å². The van der Waals surface area contributed by atoms with Crippen molar-refractivity contribution in [1.82, 2.24) is 19.7 Å². The van der Waals surface area contributed by atoms with Gasteiger partial charge in [0.15, 0.2) is 12.3 Å². The lowest BCUT2D eigenvalue weighted by Gasteiger charge is -2.27. The summed E-state index contributed by atoms with van der Waals surface area (Å²) in [6, 6.07) is 13.1. The second-order valence-corrected chi connectivity index (χ2v) is 7.17. The number of aromatic nitrogens is 3. The molecule has 0 spiro atoms. The van der Waals surface area contributed by atoms with E-state index in [1.54, 1.807) is 24.2 Å². The molecule has 0 saturated heterocycles. The summed E-state index contributed by atoms with van der Waals surface area (Å²) in [5, 5.41) is 4.55. The van der Waals surface area contributed by atoms with E-state index in [0.29, 0.717) is 31.8 Å². The molecule has 0 bridgehead atoms. The molecule has 8 nitrogen and oxygen atoms in total. The molecule has 3 heterocycles. The third-order valence-corrected chi connectivity index (χ3v) is 5.14. The highest BCUT2D eigenvalue weighted by Crippen LogP contribution is 2.24. The molecule has 31 heavy (non-hydrogen) atoms. The normalized spacial score (nSPS) is 12.9. The largest absolute Gasteiger partial charge is 0.484 e. The summed E-state index contributed by atoms with van der Waals surface area (Å²) >= 11 is 0. The molecule has 1 aliphatic heterocycles. The molecular formula is C23H24N4O4. The molecule has 0 saturated carbocycles. The van der Waals surface area contributed by atoms with Gasteiger partial charge in [-0.25, -0.2) is 4.79 Å². The van der Waals surface area contributed by atoms with E-state index < -0.39 is 5.97 Å². The highest BCUT2D eigenvalue weighted by molar-refractivity contribution is 5.89. The van der Waals surface area contributed by atoms with Gasteiger partial charge in [-0.2, -0.15) is 5.10 Å². The number of esters is 1. The molecule has 0 fully saturated rings. The average Bonchev–Trinajstić information content (AvgIpc) is 3.16. The van der Waals surface area contributed by atoms with Gasteiger partial charge >= 0.3 is 5.97 Å². The standard InChI is InChI=1S/C23H24N4O4/c1-2-30-23(29)22-19-15-26(21(28)16-31-18-6-4-3-5-7-18)13-10-20(19)27(25-22)14-17-8-11-24-12-9-17/h3-9,11-12H,2,10,13-16H2,1H3. The van der Waals surface area contributed by atoms with Gasteiger partial charge in [0.1, 0.15) is 5.75 Å². The van der Waals surface area contributed by atoms with Crippen LogP contribution in [0.25, 0.3) is 0 Å². The van der Waals surface area contributed by atoms with E-state index in [9.17, 15) is 9.59 Å². The number of hydrogen-bond donors (Lipinski definition) is 0. The van der Waals surface area contributed by atoms with Crippen molar-refractivity contribution in [3.8, 4) is 5.75 Å². The Kier molecular flexibility index (Phi) is 6.26. The Labute approximate surface area is 180 Å². The first-order valence-corrected chi connectivity index (χ1v) is 10.3. The van der Waals surface area contributed by atoms with Gasteiger partial charge in [0, 0.05) is 36.6 Å². The minimum atomic E-state index is -0.470. The van der Waals surface area contributed by atoms with E-state index in [2.05, 4.69) is 10.1 Å². The number of para-hydroxylation sites is 1. The van der Waals surface area contributed by atoms with Crippen molar-refractivity contribution in [2.24, 2.45) is 0 Å². The van der Waals surface area contributed by atoms with Gasteiger partial charge in [-0.1, -0.05) is 18.2 Å². The summed E-state index contributed by atoms with van der Waals surface area (Å²) in [4.78, 5) is 31.0. The summed E-state index contributed by atoms with van der Waals surface area (Å²) < 4.78 is 12.6. The second kappa shape index (κ2) is 9.42. The van der Waals surface area contributed by atoms with Crippen LogP contribution in [0, 0.1) is 0 Å². The lowest BCUT2D eigenvalue weighted by atomic mass is 10.0. The van der Waals surface area contributed by atoms with E-state index in [1.165, 1.54) is 0 Å². The molecule has 3 aromatic rings. The zero-order chi connectivity index (χ0) is 21.6. The number of pyridine rings is 1. The average molecular weight is 420 g/mol. The van der Waals surface area contributed by atoms with E-state index in [1.807, 2.05) is 47.1 Å². The van der Waals surface area contributed by atoms with Crippen LogP contribution in [0.2, 0.25) is 0 Å². The first-order valence-electron chi connectivity index (χ1n) is 10.3. The van der Waals surface area contributed by atoms with Crippen LogP contribution < -0.4 is 4.74 Å². The molecule has 4 rings (SSSR count). The zero-order valence-electron chi connectivity index (χ0n) is 17.4. The smallest absolute Gasteiger partial charge is 0.359 e. The number of amides is 1. The summed E-state index contributed by atoms with van der Waals surface area (Å²) in [5.74, 6) is 0.0409. The second-order valence-electron chi connectivity index (χ2n) is 7.17. The molecular weight excluding hydrogens is 396 g/mol. The molecule has 0 radical (unpaired) electrons. The van der Waals surface area contributed by atoms with Crippen molar-refractivity contribution >= 4 is 11.9 Å². The van der Waals surface area contributed by atoms with Crippen molar-refractivity contribution in [2.45, 2.75) is 26.4 Å². The predicted octanol–water partition coefficient (Wildman–Crippen LogP) is 2.47. The quantitative estimate of drug-likeness (QED) is 0.546. The van der Waals surface area contributed by atoms with Crippen LogP contribution in [0.5, 0.6) is 5.75 Å². The first-order chi connectivity index (χ1) is 15.2. The van der Waals surface area contributed by atoms with Crippen LogP contribution in [-0.4, -0.2) is 51.3 Å². The van der Waals surface area contributed by atoms with Gasteiger partial charge in [-0.3, -0.25) is 14.5 Å². The Morgan fingerprint density at radius 2 is 1.87 bits per heavy atom. The summed E-state index contributed by atoms with van der Waals surface area (Å²) in [6.45, 7) is 3.33. The highest BCUT2D eigenvalue weighted by Gasteiger charge is 2.30. The number of fused-ring (bicyclic) bond motifs is 1. The van der Waals surface area contributed by atoms with Crippen molar-refractivity contribution in [2.75, 3.05) is 19.8 Å². The fourth-order valence-electron chi connectivity index (χ4n) is 3.61. The lowest BCUT2D eigenvalue weighted by Crippen LogP contribution is -2.39. The Bertz CT molecular complexity index is 1050. The number of carbonyl (C=O) groups is 2. The fraction of sp³-hybridized carbons (Fsp3) is 0.304. The molecule has 0 N–H and O–H groups in total. The molecule has 0 atom stereocenters. The van der Waals surface area contributed by atoms with Gasteiger partial charge in [0.2, 0.25) is 0 Å². The Hall–Kier alpha value is -3.68. The van der Waals surface area contributed by atoms with E-state index in [-0.39, 0.29) is 24.8 Å². The van der Waals surface area contributed by atoms with Crippen molar-refractivity contribution in [3.05, 3.63) is 77.4 Å². The number of rotatable bonds is 7. The third kappa shape index (κ3) is 4.74. The monoisotopic (exact) mass is 420 g/mol.